The molecule has 0 unspecified atom stereocenters. The van der Waals surface area contributed by atoms with Crippen molar-refractivity contribution in [2.45, 2.75) is 38.3 Å². The molecule has 2 atom stereocenters. The van der Waals surface area contributed by atoms with E-state index in [0.29, 0.717) is 13.0 Å². The van der Waals surface area contributed by atoms with E-state index >= 15 is 0 Å². The summed E-state index contributed by atoms with van der Waals surface area (Å²) in [4.78, 5) is 11.7. The molecule has 3 aromatic rings. The third-order valence-corrected chi connectivity index (χ3v) is 6.16. The zero-order valence-corrected chi connectivity index (χ0v) is 17.5. The summed E-state index contributed by atoms with van der Waals surface area (Å²) in [6.45, 7) is 0.294. The Morgan fingerprint density at radius 1 is 0.969 bits per heavy atom. The summed E-state index contributed by atoms with van der Waals surface area (Å²) in [5.74, 6) is -1.28. The monoisotopic (exact) mass is 428 g/mol. The Kier molecular flexibility index (Phi) is 5.52. The van der Waals surface area contributed by atoms with Crippen LogP contribution in [0.5, 0.6) is 0 Å². The quantitative estimate of drug-likeness (QED) is 0.463. The van der Waals surface area contributed by atoms with Gasteiger partial charge in [0.1, 0.15) is 0 Å². The highest BCUT2D eigenvalue weighted by atomic mass is 16.7. The Hall–Kier alpha value is -3.41. The van der Waals surface area contributed by atoms with Crippen LogP contribution in [0.4, 0.5) is 0 Å². The first-order chi connectivity index (χ1) is 15.6. The van der Waals surface area contributed by atoms with Crippen molar-refractivity contribution in [3.05, 3.63) is 106 Å². The van der Waals surface area contributed by atoms with Crippen LogP contribution in [0.1, 0.15) is 40.2 Å². The fourth-order valence-corrected chi connectivity index (χ4v) is 4.47. The predicted molar refractivity (Wildman–Crippen MR) is 120 cm³/mol. The summed E-state index contributed by atoms with van der Waals surface area (Å²) in [7, 11) is 0. The lowest BCUT2D eigenvalue weighted by molar-refractivity contribution is -0.159. The number of fused-ring (bicyclic) bond motifs is 3. The molecule has 0 amide bonds. The van der Waals surface area contributed by atoms with Crippen LogP contribution in [0.15, 0.2) is 78.6 Å². The number of hydrogen-bond acceptors (Lipinski definition) is 4. The highest BCUT2D eigenvalue weighted by Crippen LogP contribution is 2.39. The average Bonchev–Trinajstić information content (AvgIpc) is 3.20. The van der Waals surface area contributed by atoms with Gasteiger partial charge in [0.2, 0.25) is 12.0 Å². The zero-order chi connectivity index (χ0) is 22.1. The molecular formula is C27H24O5. The molecule has 5 heteroatoms. The molecule has 0 radical (unpaired) electrons. The zero-order valence-electron chi connectivity index (χ0n) is 17.5. The summed E-state index contributed by atoms with van der Waals surface area (Å²) in [6.07, 6.45) is 2.46. The highest BCUT2D eigenvalue weighted by molar-refractivity contribution is 5.84. The third kappa shape index (κ3) is 4.05. The van der Waals surface area contributed by atoms with Crippen LogP contribution in [0, 0.1) is 0 Å². The van der Waals surface area contributed by atoms with Crippen LogP contribution < -0.4 is 0 Å². The van der Waals surface area contributed by atoms with E-state index in [1.807, 2.05) is 24.3 Å². The van der Waals surface area contributed by atoms with Crippen LogP contribution in [0.3, 0.4) is 0 Å². The summed E-state index contributed by atoms with van der Waals surface area (Å²) < 4.78 is 11.5. The van der Waals surface area contributed by atoms with E-state index in [1.54, 1.807) is 6.08 Å². The molecule has 3 aromatic carbocycles. The Balaban J connectivity index is 1.34. The molecule has 0 fully saturated rings. The van der Waals surface area contributed by atoms with E-state index in [9.17, 15) is 15.0 Å². The number of aliphatic carboxylic acids is 1. The van der Waals surface area contributed by atoms with Crippen molar-refractivity contribution in [3.8, 4) is 11.1 Å². The molecule has 1 aliphatic carbocycles. The number of carboxylic acids is 1. The fraction of sp³-hybridized carbons (Fsp3) is 0.222. The fourth-order valence-electron chi connectivity index (χ4n) is 4.47. The normalized spacial score (nSPS) is 19.0. The lowest BCUT2D eigenvalue weighted by Crippen LogP contribution is -2.26. The molecule has 162 valence electrons. The van der Waals surface area contributed by atoms with E-state index in [2.05, 4.69) is 42.5 Å². The molecule has 2 aliphatic rings. The first-order valence-electron chi connectivity index (χ1n) is 10.7. The van der Waals surface area contributed by atoms with Gasteiger partial charge in [0.25, 0.3) is 0 Å². The molecule has 32 heavy (non-hydrogen) atoms. The van der Waals surface area contributed by atoms with Crippen molar-refractivity contribution in [2.24, 2.45) is 0 Å². The van der Waals surface area contributed by atoms with Gasteiger partial charge in [-0.25, -0.2) is 4.79 Å². The Bertz CT molecular complexity index is 1180. The molecule has 0 spiro atoms. The van der Waals surface area contributed by atoms with Crippen molar-refractivity contribution < 1.29 is 24.5 Å². The Labute approximate surface area is 186 Å². The smallest absolute Gasteiger partial charge is 0.370 e. The average molecular weight is 428 g/mol. The van der Waals surface area contributed by atoms with Gasteiger partial charge in [-0.05, 0) is 51.4 Å². The van der Waals surface area contributed by atoms with Gasteiger partial charge < -0.3 is 19.7 Å². The highest BCUT2D eigenvalue weighted by Gasteiger charge is 2.29. The van der Waals surface area contributed by atoms with E-state index in [1.165, 1.54) is 22.3 Å². The number of benzene rings is 3. The number of aliphatic hydroxyl groups is 1. The summed E-state index contributed by atoms with van der Waals surface area (Å²) >= 11 is 0. The summed E-state index contributed by atoms with van der Waals surface area (Å²) in [5, 5.41) is 18.7. The molecule has 2 N–H and O–H groups in total. The Morgan fingerprint density at radius 2 is 1.72 bits per heavy atom. The largest absolute Gasteiger partial charge is 0.475 e. The number of carbonyl (C=O) groups is 1. The van der Waals surface area contributed by atoms with Gasteiger partial charge in [0, 0.05) is 12.3 Å². The van der Waals surface area contributed by atoms with Gasteiger partial charge >= 0.3 is 5.97 Å². The number of carboxylic acid groups (broad SMARTS) is 1. The minimum Gasteiger partial charge on any atom is -0.475 e. The maximum absolute atomic E-state index is 11.7. The van der Waals surface area contributed by atoms with Crippen LogP contribution in [-0.4, -0.2) is 22.5 Å². The van der Waals surface area contributed by atoms with E-state index < -0.39 is 12.3 Å². The molecule has 5 rings (SSSR count). The minimum absolute atomic E-state index is 0.00677. The Morgan fingerprint density at radius 3 is 2.50 bits per heavy atom. The molecule has 5 nitrogen and oxygen atoms in total. The SMILES string of the molecule is O=C(O)C1=C[C@@H](c2ccc3c(c2)Cc2ccccc2-3)C[C@@H](OCc2ccc(CO)cc2)O1. The van der Waals surface area contributed by atoms with Gasteiger partial charge in [-0.15, -0.1) is 0 Å². The number of allylic oxidation sites excluding steroid dienone is 1. The molecular weight excluding hydrogens is 404 g/mol. The molecule has 0 bridgehead atoms. The second kappa shape index (κ2) is 8.61. The van der Waals surface area contributed by atoms with Gasteiger partial charge in [-0.2, -0.15) is 0 Å². The van der Waals surface area contributed by atoms with Crippen molar-refractivity contribution in [2.75, 3.05) is 0 Å². The lowest BCUT2D eigenvalue weighted by Gasteiger charge is -2.28. The van der Waals surface area contributed by atoms with Crippen LogP contribution in [-0.2, 0) is 33.9 Å². The number of ether oxygens (including phenoxy) is 2. The van der Waals surface area contributed by atoms with Crippen LogP contribution in [0.2, 0.25) is 0 Å². The number of rotatable bonds is 6. The van der Waals surface area contributed by atoms with Gasteiger partial charge in [0.05, 0.1) is 13.2 Å². The van der Waals surface area contributed by atoms with E-state index in [4.69, 9.17) is 9.47 Å². The first kappa shape index (κ1) is 20.5. The maximum Gasteiger partial charge on any atom is 0.370 e. The standard InChI is InChI=1S/C27H24O5/c28-15-17-5-7-18(8-6-17)16-31-26-14-21(13-25(32-26)27(29)30)19-9-10-24-22(11-19)12-20-3-1-2-4-23(20)24/h1-11,13,21,26,28H,12,14-16H2,(H,29,30)/t21-,26+/m1/s1. The summed E-state index contributed by atoms with van der Waals surface area (Å²) in [6, 6.07) is 22.3. The lowest BCUT2D eigenvalue weighted by atomic mass is 9.90. The molecule has 1 heterocycles. The maximum atomic E-state index is 11.7. The van der Waals surface area contributed by atoms with E-state index in [-0.39, 0.29) is 18.3 Å². The van der Waals surface area contributed by atoms with Crippen molar-refractivity contribution in [1.82, 2.24) is 0 Å². The summed E-state index contributed by atoms with van der Waals surface area (Å²) in [5.41, 5.74) is 7.94. The second-order valence-electron chi connectivity index (χ2n) is 8.26. The van der Waals surface area contributed by atoms with Crippen molar-refractivity contribution >= 4 is 5.97 Å². The van der Waals surface area contributed by atoms with Crippen molar-refractivity contribution in [3.63, 3.8) is 0 Å². The minimum atomic E-state index is -1.09. The molecule has 0 aromatic heterocycles. The first-order valence-corrected chi connectivity index (χ1v) is 10.7. The second-order valence-corrected chi connectivity index (χ2v) is 8.26. The van der Waals surface area contributed by atoms with Crippen LogP contribution >= 0.6 is 0 Å². The molecule has 0 saturated carbocycles. The number of aliphatic hydroxyl groups excluding tert-OH is 1. The molecule has 0 saturated heterocycles. The molecule has 1 aliphatic heterocycles. The predicted octanol–water partition coefficient (Wildman–Crippen LogP) is 4.77. The van der Waals surface area contributed by atoms with Crippen molar-refractivity contribution in [1.29, 1.82) is 0 Å². The van der Waals surface area contributed by atoms with Gasteiger partial charge in [-0.1, -0.05) is 66.7 Å². The third-order valence-electron chi connectivity index (χ3n) is 6.16. The number of hydrogen-bond donors (Lipinski definition) is 2. The van der Waals surface area contributed by atoms with Crippen LogP contribution in [0.25, 0.3) is 11.1 Å². The topological polar surface area (TPSA) is 76.0 Å². The van der Waals surface area contributed by atoms with Gasteiger partial charge in [0.15, 0.2) is 0 Å². The van der Waals surface area contributed by atoms with E-state index in [0.717, 1.165) is 23.1 Å². The van der Waals surface area contributed by atoms with Gasteiger partial charge in [-0.3, -0.25) is 0 Å².